The molecule has 51 heavy (non-hydrogen) atoms. The summed E-state index contributed by atoms with van der Waals surface area (Å²) in [6.45, 7) is 14.1. The van der Waals surface area contributed by atoms with Crippen LogP contribution < -0.4 is 14.5 Å². The van der Waals surface area contributed by atoms with Crippen molar-refractivity contribution in [2.75, 3.05) is 82.5 Å². The topological polar surface area (TPSA) is 147 Å². The highest BCUT2D eigenvalue weighted by atomic mass is 32.1. The number of para-hydroxylation sites is 2. The number of benzene rings is 2. The van der Waals surface area contributed by atoms with Gasteiger partial charge in [-0.05, 0) is 59.2 Å². The molecule has 4 aromatic rings. The van der Waals surface area contributed by atoms with Gasteiger partial charge in [0.15, 0.2) is 0 Å². The van der Waals surface area contributed by atoms with Crippen molar-refractivity contribution in [3.63, 3.8) is 0 Å². The number of hydrogen-bond donors (Lipinski definition) is 1. The minimum Gasteiger partial charge on any atom is -0.507 e. The number of phenols is 1. The average molecular weight is 739 g/mol. The Hall–Kier alpha value is -4.70. The van der Waals surface area contributed by atoms with Gasteiger partial charge in [-0.15, -0.1) is 0 Å². The van der Waals surface area contributed by atoms with E-state index >= 15 is 0 Å². The van der Waals surface area contributed by atoms with Crippen molar-refractivity contribution in [2.24, 2.45) is 11.8 Å². The molecule has 2 amide bonds. The third-order valence-electron chi connectivity index (χ3n) is 8.02. The van der Waals surface area contributed by atoms with E-state index in [-0.39, 0.29) is 17.9 Å². The molecular weight excluding hydrogens is 693 g/mol. The van der Waals surface area contributed by atoms with Gasteiger partial charge in [-0.1, -0.05) is 52.0 Å². The number of piperazine rings is 2. The number of hydrogen-bond acceptors (Lipinski definition) is 14. The van der Waals surface area contributed by atoms with E-state index < -0.39 is 0 Å². The molecule has 0 saturated carbocycles. The largest absolute Gasteiger partial charge is 0.507 e. The first kappa shape index (κ1) is 37.6. The van der Waals surface area contributed by atoms with Crippen molar-refractivity contribution in [1.29, 1.82) is 0 Å². The van der Waals surface area contributed by atoms with E-state index in [1.807, 2.05) is 69.0 Å². The van der Waals surface area contributed by atoms with Crippen molar-refractivity contribution >= 4 is 47.1 Å². The molecule has 2 aliphatic rings. The molecule has 2 saturated heterocycles. The van der Waals surface area contributed by atoms with E-state index in [0.29, 0.717) is 99.9 Å². The summed E-state index contributed by atoms with van der Waals surface area (Å²) in [7, 11) is 1.65. The average Bonchev–Trinajstić information content (AvgIpc) is 3.85. The van der Waals surface area contributed by atoms with Gasteiger partial charge in [0.2, 0.25) is 11.9 Å². The van der Waals surface area contributed by atoms with E-state index in [1.165, 1.54) is 23.1 Å². The maximum atomic E-state index is 12.0. The van der Waals surface area contributed by atoms with Crippen LogP contribution in [0.5, 0.6) is 11.5 Å². The van der Waals surface area contributed by atoms with E-state index in [2.05, 4.69) is 23.6 Å². The number of anilines is 2. The molecule has 0 aliphatic carbocycles. The number of carbonyl (C=O) groups excluding carboxylic acids is 2. The summed E-state index contributed by atoms with van der Waals surface area (Å²) in [6, 6.07) is 14.9. The molecule has 0 spiro atoms. The normalized spacial score (nSPS) is 14.7. The molecule has 2 aromatic heterocycles. The Morgan fingerprint density at radius 3 is 1.57 bits per heavy atom. The van der Waals surface area contributed by atoms with Gasteiger partial charge in [-0.2, -0.15) is 18.7 Å². The first-order valence-electron chi connectivity index (χ1n) is 17.0. The van der Waals surface area contributed by atoms with Crippen LogP contribution in [0.1, 0.15) is 27.7 Å². The van der Waals surface area contributed by atoms with Crippen molar-refractivity contribution in [2.45, 2.75) is 27.7 Å². The summed E-state index contributed by atoms with van der Waals surface area (Å²) in [5.41, 5.74) is 1.62. The molecule has 16 heteroatoms. The van der Waals surface area contributed by atoms with E-state index in [1.54, 1.807) is 29.0 Å². The van der Waals surface area contributed by atoms with E-state index in [0.717, 1.165) is 16.3 Å². The lowest BCUT2D eigenvalue weighted by Crippen LogP contribution is -2.49. The van der Waals surface area contributed by atoms with Crippen LogP contribution in [0.3, 0.4) is 0 Å². The van der Waals surface area contributed by atoms with Gasteiger partial charge in [-0.25, -0.2) is 9.59 Å². The minimum atomic E-state index is -0.255. The van der Waals surface area contributed by atoms with Crippen LogP contribution in [0, 0.1) is 11.8 Å². The number of phenolic OH excluding ortho intramolecular Hbond substituents is 1. The number of aromatic hydroxyl groups is 1. The molecule has 4 heterocycles. The van der Waals surface area contributed by atoms with Gasteiger partial charge in [0.05, 0.1) is 31.5 Å². The minimum absolute atomic E-state index is 0.197. The number of rotatable bonds is 9. The fraction of sp³-hybridized carbons (Fsp3) is 0.486. The van der Waals surface area contributed by atoms with Gasteiger partial charge in [0.1, 0.15) is 21.5 Å². The monoisotopic (exact) mass is 738 g/mol. The Morgan fingerprint density at radius 1 is 0.686 bits per heavy atom. The van der Waals surface area contributed by atoms with E-state index in [4.69, 9.17) is 14.2 Å². The zero-order valence-electron chi connectivity index (χ0n) is 29.7. The molecule has 0 bridgehead atoms. The van der Waals surface area contributed by atoms with Crippen LogP contribution in [0.25, 0.3) is 21.1 Å². The summed E-state index contributed by atoms with van der Waals surface area (Å²) in [5.74, 6) is 2.99. The molecule has 2 aromatic carbocycles. The number of ether oxygens (including phenoxy) is 3. The van der Waals surface area contributed by atoms with Crippen LogP contribution in [-0.2, 0) is 9.47 Å². The van der Waals surface area contributed by atoms with Crippen LogP contribution in [0.15, 0.2) is 48.5 Å². The maximum Gasteiger partial charge on any atom is 0.409 e. The number of amides is 2. The summed E-state index contributed by atoms with van der Waals surface area (Å²) in [4.78, 5) is 40.8. The highest BCUT2D eigenvalue weighted by molar-refractivity contribution is 7.09. The molecule has 1 N–H and O–H groups in total. The fourth-order valence-corrected chi connectivity index (χ4v) is 6.65. The van der Waals surface area contributed by atoms with Gasteiger partial charge in [-0.3, -0.25) is 0 Å². The van der Waals surface area contributed by atoms with Crippen LogP contribution >= 0.6 is 23.1 Å². The van der Waals surface area contributed by atoms with Gasteiger partial charge in [0, 0.05) is 52.4 Å². The zero-order valence-corrected chi connectivity index (χ0v) is 31.4. The highest BCUT2D eigenvalue weighted by Crippen LogP contribution is 2.33. The SMILES string of the molecule is CC(C)COC(=O)N1CCN(c2nsc(-c3ccccc3O)n2)CC1.COc1ccccc1-c1nc(N2CCN(C(=O)OCC(C)C)CC2)ns1. The predicted molar refractivity (Wildman–Crippen MR) is 199 cm³/mol. The Labute approximate surface area is 306 Å². The second-order valence-electron chi connectivity index (χ2n) is 12.9. The number of nitrogens with zero attached hydrogens (tertiary/aromatic N) is 8. The van der Waals surface area contributed by atoms with Crippen LogP contribution in [0.2, 0.25) is 0 Å². The lowest BCUT2D eigenvalue weighted by atomic mass is 10.2. The van der Waals surface area contributed by atoms with Crippen LogP contribution in [0.4, 0.5) is 21.5 Å². The first-order valence-corrected chi connectivity index (χ1v) is 18.6. The van der Waals surface area contributed by atoms with Gasteiger partial charge >= 0.3 is 12.2 Å². The summed E-state index contributed by atoms with van der Waals surface area (Å²) >= 11 is 2.62. The molecule has 0 atom stereocenters. The number of aromatic nitrogens is 4. The third kappa shape index (κ3) is 10.2. The summed E-state index contributed by atoms with van der Waals surface area (Å²) in [6.07, 6.45) is -0.492. The van der Waals surface area contributed by atoms with E-state index in [9.17, 15) is 14.7 Å². The van der Waals surface area contributed by atoms with Crippen molar-refractivity contribution in [3.8, 4) is 32.6 Å². The Kier molecular flexibility index (Phi) is 13.2. The quantitative estimate of drug-likeness (QED) is 0.216. The molecule has 274 valence electrons. The smallest absolute Gasteiger partial charge is 0.409 e. The molecule has 0 unspecified atom stereocenters. The van der Waals surface area contributed by atoms with Crippen molar-refractivity contribution in [1.82, 2.24) is 28.5 Å². The van der Waals surface area contributed by atoms with Gasteiger partial charge in [0.25, 0.3) is 0 Å². The molecular formula is C35H46N8O6S2. The van der Waals surface area contributed by atoms with Crippen LogP contribution in [-0.4, -0.2) is 118 Å². The fourth-order valence-electron chi connectivity index (χ4n) is 5.22. The summed E-state index contributed by atoms with van der Waals surface area (Å²) < 4.78 is 24.9. The summed E-state index contributed by atoms with van der Waals surface area (Å²) in [5, 5.41) is 11.5. The second-order valence-corrected chi connectivity index (χ2v) is 14.4. The Balaban J connectivity index is 0.000000198. The Bertz CT molecular complexity index is 1720. The number of carbonyl (C=O) groups is 2. The molecule has 6 rings (SSSR count). The highest BCUT2D eigenvalue weighted by Gasteiger charge is 2.26. The zero-order chi connectivity index (χ0) is 36.3. The van der Waals surface area contributed by atoms with Gasteiger partial charge < -0.3 is 38.9 Å². The maximum absolute atomic E-state index is 12.0. The second kappa shape index (κ2) is 18.0. The lowest BCUT2D eigenvalue weighted by Gasteiger charge is -2.33. The van der Waals surface area contributed by atoms with Crippen molar-refractivity contribution < 1.29 is 28.9 Å². The first-order chi connectivity index (χ1) is 24.6. The third-order valence-corrected chi connectivity index (χ3v) is 9.50. The molecule has 14 nitrogen and oxygen atoms in total. The number of methoxy groups -OCH3 is 1. The molecule has 2 fully saturated rings. The lowest BCUT2D eigenvalue weighted by molar-refractivity contribution is 0.0895. The standard InChI is InChI=1S/C18H24N4O3S.C17H22N4O3S/c1-13(2)12-25-18(23)22-10-8-21(9-11-22)17-19-16(26-20-17)14-6-4-5-7-15(14)24-3;1-12(2)11-24-17(23)21-9-7-20(8-10-21)16-18-15(25-19-16)13-5-3-4-6-14(13)22/h4-7,13H,8-12H2,1-3H3;3-6,12,22H,7-11H2,1-2H3. The molecule has 0 radical (unpaired) electrons. The Morgan fingerprint density at radius 2 is 1.12 bits per heavy atom. The van der Waals surface area contributed by atoms with Crippen molar-refractivity contribution in [3.05, 3.63) is 48.5 Å². The predicted octanol–water partition coefficient (Wildman–Crippen LogP) is 5.95. The molecule has 2 aliphatic heterocycles.